The number of nitrogens with one attached hydrogen (secondary N) is 2. The van der Waals surface area contributed by atoms with Crippen molar-refractivity contribution in [2.45, 2.75) is 103 Å². The van der Waals surface area contributed by atoms with Crippen LogP contribution < -0.4 is 10.6 Å². The van der Waals surface area contributed by atoms with Crippen LogP contribution in [-0.2, 0) is 19.2 Å². The number of hydrogen-bond acceptors (Lipinski definition) is 7. The van der Waals surface area contributed by atoms with Gasteiger partial charge in [0.2, 0.25) is 5.91 Å². The Morgan fingerprint density at radius 2 is 1.86 bits per heavy atom. The minimum Gasteiger partial charge on any atom is -0.481 e. The molecule has 4 rings (SSSR count). The molecule has 3 saturated carbocycles. The van der Waals surface area contributed by atoms with Gasteiger partial charge >= 0.3 is 5.97 Å². The van der Waals surface area contributed by atoms with Crippen molar-refractivity contribution in [1.82, 2.24) is 10.6 Å². The van der Waals surface area contributed by atoms with Gasteiger partial charge in [0.1, 0.15) is 11.6 Å². The second-order valence-electron chi connectivity index (χ2n) is 13.6. The topological polar surface area (TPSA) is 137 Å². The number of terminal acetylenes is 1. The Bertz CT molecular complexity index is 1180. The first-order chi connectivity index (χ1) is 19.8. The molecular formula is C32H47N3O6S. The summed E-state index contributed by atoms with van der Waals surface area (Å²) < 4.78 is 0. The predicted molar refractivity (Wildman–Crippen MR) is 164 cm³/mol. The molecule has 4 aliphatic carbocycles. The number of carboxylic acids is 1. The van der Waals surface area contributed by atoms with E-state index in [-0.39, 0.29) is 35.5 Å². The van der Waals surface area contributed by atoms with E-state index in [1.807, 2.05) is 0 Å². The van der Waals surface area contributed by atoms with Gasteiger partial charge < -0.3 is 25.7 Å². The number of nitrogens with zero attached hydrogens (tertiary/aromatic N) is 1. The number of carbonyl (C=O) groups is 3. The molecule has 0 aliphatic heterocycles. The van der Waals surface area contributed by atoms with Crippen molar-refractivity contribution in [2.24, 2.45) is 39.7 Å². The number of aliphatic carboxylic acids is 1. The number of oxime groups is 1. The molecule has 2 amide bonds. The van der Waals surface area contributed by atoms with Gasteiger partial charge in [-0.15, -0.1) is 6.42 Å². The molecule has 0 heterocycles. The van der Waals surface area contributed by atoms with Crippen LogP contribution >= 0.6 is 12.6 Å². The van der Waals surface area contributed by atoms with Crippen molar-refractivity contribution in [3.05, 3.63) is 11.6 Å². The molecule has 8 atom stereocenters. The Morgan fingerprint density at radius 3 is 2.50 bits per heavy atom. The summed E-state index contributed by atoms with van der Waals surface area (Å²) >= 11 is 4.11. The highest BCUT2D eigenvalue weighted by molar-refractivity contribution is 7.80. The smallest absolute Gasteiger partial charge is 0.305 e. The van der Waals surface area contributed by atoms with Gasteiger partial charge in [0.15, 0.2) is 6.61 Å². The summed E-state index contributed by atoms with van der Waals surface area (Å²) in [6.45, 7) is 7.87. The number of aliphatic hydroxyl groups is 1. The number of amides is 2. The first kappa shape index (κ1) is 32.4. The average molecular weight is 602 g/mol. The summed E-state index contributed by atoms with van der Waals surface area (Å²) in [5.74, 6) is 2.30. The number of thiol groups is 1. The SMILES string of the molecule is C#C[C@@]1(O)CC[C@H]2[C@@H]3CCC4=C/C(=N\OCC(=O)N[C@H](C(=O)N[C@H](CS)CC(=O)O)C(C)C)CC[C@]4(C)[C@H]3CC[C@@]21C. The quantitative estimate of drug-likeness (QED) is 0.147. The van der Waals surface area contributed by atoms with Gasteiger partial charge in [0, 0.05) is 17.2 Å². The summed E-state index contributed by atoms with van der Waals surface area (Å²) in [4.78, 5) is 41.8. The summed E-state index contributed by atoms with van der Waals surface area (Å²) in [6, 6.07) is -1.48. The molecule has 0 aromatic carbocycles. The van der Waals surface area contributed by atoms with Gasteiger partial charge in [0.05, 0.1) is 12.1 Å². The fourth-order valence-electron chi connectivity index (χ4n) is 8.48. The second kappa shape index (κ2) is 12.6. The molecule has 4 aliphatic rings. The monoisotopic (exact) mass is 601 g/mol. The van der Waals surface area contributed by atoms with Crippen molar-refractivity contribution in [3.8, 4) is 12.3 Å². The summed E-state index contributed by atoms with van der Waals surface area (Å²) in [5, 5.41) is 29.9. The van der Waals surface area contributed by atoms with Gasteiger partial charge in [-0.2, -0.15) is 12.6 Å². The lowest BCUT2D eigenvalue weighted by atomic mass is 9.46. The molecule has 0 radical (unpaired) electrons. The van der Waals surface area contributed by atoms with Crippen LogP contribution in [0.15, 0.2) is 16.8 Å². The Kier molecular flexibility index (Phi) is 9.73. The van der Waals surface area contributed by atoms with E-state index in [0.29, 0.717) is 24.2 Å². The van der Waals surface area contributed by atoms with Crippen LogP contribution in [0.2, 0.25) is 0 Å². The van der Waals surface area contributed by atoms with Gasteiger partial charge in [0.25, 0.3) is 5.91 Å². The molecule has 10 heteroatoms. The number of hydrogen-bond donors (Lipinski definition) is 5. The lowest BCUT2D eigenvalue weighted by molar-refractivity contribution is -0.138. The van der Waals surface area contributed by atoms with E-state index in [4.69, 9.17) is 16.4 Å². The van der Waals surface area contributed by atoms with Gasteiger partial charge in [-0.1, -0.05) is 44.3 Å². The lowest BCUT2D eigenvalue weighted by Gasteiger charge is -2.58. The maximum Gasteiger partial charge on any atom is 0.305 e. The Labute approximate surface area is 255 Å². The molecule has 4 N–H and O–H groups in total. The highest BCUT2D eigenvalue weighted by atomic mass is 32.1. The summed E-state index contributed by atoms with van der Waals surface area (Å²) in [7, 11) is 0. The van der Waals surface area contributed by atoms with Crippen molar-refractivity contribution in [2.75, 3.05) is 12.4 Å². The van der Waals surface area contributed by atoms with Crippen LogP contribution in [0.1, 0.15) is 85.5 Å². The van der Waals surface area contributed by atoms with E-state index in [1.165, 1.54) is 5.57 Å². The number of carboxylic acid groups (broad SMARTS) is 1. The Balaban J connectivity index is 1.35. The van der Waals surface area contributed by atoms with E-state index in [2.05, 4.69) is 54.3 Å². The molecule has 9 nitrogen and oxygen atoms in total. The van der Waals surface area contributed by atoms with Crippen LogP contribution in [-0.4, -0.2) is 63.8 Å². The summed E-state index contributed by atoms with van der Waals surface area (Å²) in [6.07, 6.45) is 15.2. The van der Waals surface area contributed by atoms with Gasteiger partial charge in [-0.25, -0.2) is 0 Å². The van der Waals surface area contributed by atoms with E-state index in [1.54, 1.807) is 13.8 Å². The van der Waals surface area contributed by atoms with Crippen LogP contribution in [0.25, 0.3) is 0 Å². The Hall–Kier alpha value is -2.51. The lowest BCUT2D eigenvalue weighted by Crippen LogP contribution is -2.54. The van der Waals surface area contributed by atoms with Crippen LogP contribution in [0.3, 0.4) is 0 Å². The third-order valence-corrected chi connectivity index (χ3v) is 11.4. The number of carbonyl (C=O) groups excluding carboxylic acids is 2. The highest BCUT2D eigenvalue weighted by Crippen LogP contribution is 2.67. The molecule has 0 spiro atoms. The summed E-state index contributed by atoms with van der Waals surface area (Å²) in [5.41, 5.74) is 1.09. The fourth-order valence-corrected chi connectivity index (χ4v) is 8.70. The molecule has 42 heavy (non-hydrogen) atoms. The van der Waals surface area contributed by atoms with E-state index >= 15 is 0 Å². The van der Waals surface area contributed by atoms with Crippen LogP contribution in [0.4, 0.5) is 0 Å². The highest BCUT2D eigenvalue weighted by Gasteiger charge is 2.63. The molecule has 3 fully saturated rings. The van der Waals surface area contributed by atoms with Crippen molar-refractivity contribution in [1.29, 1.82) is 0 Å². The average Bonchev–Trinajstić information content (AvgIpc) is 3.21. The third-order valence-electron chi connectivity index (χ3n) is 11.0. The minimum absolute atomic E-state index is 0.0842. The number of allylic oxidation sites excluding steroid dienone is 2. The van der Waals surface area contributed by atoms with E-state index in [0.717, 1.165) is 50.7 Å². The van der Waals surface area contributed by atoms with E-state index < -0.39 is 35.5 Å². The van der Waals surface area contributed by atoms with Crippen molar-refractivity contribution in [3.63, 3.8) is 0 Å². The normalized spacial score (nSPS) is 36.0. The van der Waals surface area contributed by atoms with E-state index in [9.17, 15) is 19.5 Å². The third kappa shape index (κ3) is 6.10. The first-order valence-electron chi connectivity index (χ1n) is 15.3. The molecule has 0 aromatic heterocycles. The maximum absolute atomic E-state index is 12.7. The molecule has 0 unspecified atom stereocenters. The number of fused-ring (bicyclic) bond motifs is 5. The maximum atomic E-state index is 12.7. The largest absolute Gasteiger partial charge is 0.481 e. The molecule has 0 bridgehead atoms. The zero-order valence-corrected chi connectivity index (χ0v) is 26.2. The Morgan fingerprint density at radius 1 is 1.14 bits per heavy atom. The zero-order valence-electron chi connectivity index (χ0n) is 25.3. The molecule has 232 valence electrons. The van der Waals surface area contributed by atoms with Crippen LogP contribution in [0, 0.1) is 46.8 Å². The van der Waals surface area contributed by atoms with Crippen LogP contribution in [0.5, 0.6) is 0 Å². The fraction of sp³-hybridized carbons (Fsp3) is 0.750. The van der Waals surface area contributed by atoms with Gasteiger partial charge in [-0.3, -0.25) is 14.4 Å². The number of rotatable bonds is 10. The standard InChI is InChI=1S/C32H47N3O6S/c1-6-32(40)14-11-25-23-8-7-20-15-21(9-12-30(20,4)24(23)10-13-31(25,32)5)35-41-17-26(36)34-28(19(2)3)29(39)33-22(18-42)16-27(37)38/h1,15,19,22-25,28,40,42H,7-14,16-18H2,2-5H3,(H,33,39)(H,34,36)(H,37,38)/b35-21-/t22-,23+,24-,25-,28-,30-,31-,32+/m0/s1. The molecule has 0 saturated heterocycles. The zero-order chi connectivity index (χ0) is 30.9. The molecule has 0 aromatic rings. The minimum atomic E-state index is -1.04. The first-order valence-corrected chi connectivity index (χ1v) is 15.9. The molecular weight excluding hydrogens is 554 g/mol. The predicted octanol–water partition coefficient (Wildman–Crippen LogP) is 3.72. The van der Waals surface area contributed by atoms with Crippen molar-refractivity contribution >= 4 is 36.1 Å². The second-order valence-corrected chi connectivity index (χ2v) is 14.0. The van der Waals surface area contributed by atoms with Gasteiger partial charge in [-0.05, 0) is 86.5 Å². The van der Waals surface area contributed by atoms with Crippen molar-refractivity contribution < 1.29 is 29.4 Å².